The summed E-state index contributed by atoms with van der Waals surface area (Å²) in [6.07, 6.45) is 3.42. The lowest BCUT2D eigenvalue weighted by molar-refractivity contribution is 0.619. The van der Waals surface area contributed by atoms with Crippen LogP contribution in [-0.4, -0.2) is 17.7 Å². The van der Waals surface area contributed by atoms with E-state index in [1.807, 2.05) is 0 Å². The number of nitrogens with one attached hydrogen (secondary N) is 1. The molecule has 0 saturated heterocycles. The average Bonchev–Trinajstić information content (AvgIpc) is 2.69. The van der Waals surface area contributed by atoms with Crippen LogP contribution in [0.3, 0.4) is 0 Å². The molecule has 0 unspecified atom stereocenters. The fraction of sp³-hybridized carbons (Fsp3) is 0.467. The summed E-state index contributed by atoms with van der Waals surface area (Å²) >= 11 is 0. The van der Waals surface area contributed by atoms with Crippen molar-refractivity contribution in [1.29, 1.82) is 0 Å². The van der Waals surface area contributed by atoms with Crippen LogP contribution in [0.4, 0.5) is 0 Å². The Morgan fingerprint density at radius 2 is 2.00 bits per heavy atom. The summed E-state index contributed by atoms with van der Waals surface area (Å²) in [7, 11) is 0. The molecule has 0 atom stereocenters. The summed E-state index contributed by atoms with van der Waals surface area (Å²) in [5.74, 6) is 0. The lowest BCUT2D eigenvalue weighted by Gasteiger charge is -2.08. The first-order valence-electron chi connectivity index (χ1n) is 6.53. The summed E-state index contributed by atoms with van der Waals surface area (Å²) in [5.41, 5.74) is 2.81. The van der Waals surface area contributed by atoms with E-state index in [1.165, 1.54) is 16.5 Å². The van der Waals surface area contributed by atoms with Gasteiger partial charge in [0.2, 0.25) is 0 Å². The molecular formula is C15H22N2. The third kappa shape index (κ3) is 2.52. The Morgan fingerprint density at radius 3 is 2.71 bits per heavy atom. The van der Waals surface area contributed by atoms with E-state index in [1.54, 1.807) is 0 Å². The molecule has 2 heteroatoms. The molecule has 17 heavy (non-hydrogen) atoms. The highest BCUT2D eigenvalue weighted by atomic mass is 15.0. The molecule has 2 aromatic rings. The summed E-state index contributed by atoms with van der Waals surface area (Å²) < 4.78 is 2.37. The molecule has 2 nitrogen and oxygen atoms in total. The Morgan fingerprint density at radius 1 is 1.24 bits per heavy atom. The number of rotatable bonds is 5. The smallest absolute Gasteiger partial charge is 0.0485 e. The van der Waals surface area contributed by atoms with Gasteiger partial charge in [-0.25, -0.2) is 0 Å². The monoisotopic (exact) mass is 230 g/mol. The second-order valence-electron chi connectivity index (χ2n) is 4.78. The predicted octanol–water partition coefficient (Wildman–Crippen LogP) is 3.37. The van der Waals surface area contributed by atoms with Crippen molar-refractivity contribution in [2.24, 2.45) is 0 Å². The highest BCUT2D eigenvalue weighted by molar-refractivity contribution is 5.84. The first kappa shape index (κ1) is 12.2. The first-order chi connectivity index (χ1) is 8.24. The lowest BCUT2D eigenvalue weighted by Crippen LogP contribution is -2.15. The third-order valence-electron chi connectivity index (χ3n) is 3.20. The fourth-order valence-corrected chi connectivity index (χ4v) is 2.30. The number of hydrogen-bond acceptors (Lipinski definition) is 1. The van der Waals surface area contributed by atoms with Crippen molar-refractivity contribution in [2.45, 2.75) is 33.2 Å². The Hall–Kier alpha value is -1.28. The van der Waals surface area contributed by atoms with E-state index in [4.69, 9.17) is 0 Å². The number of hydrogen-bond donors (Lipinski definition) is 1. The topological polar surface area (TPSA) is 17.0 Å². The molecular weight excluding hydrogens is 208 g/mol. The van der Waals surface area contributed by atoms with E-state index in [2.05, 4.69) is 61.1 Å². The van der Waals surface area contributed by atoms with Gasteiger partial charge in [-0.1, -0.05) is 25.1 Å². The minimum atomic E-state index is 0.521. The van der Waals surface area contributed by atoms with Gasteiger partial charge in [-0.15, -0.1) is 0 Å². The molecule has 0 bridgehead atoms. The van der Waals surface area contributed by atoms with Crippen LogP contribution in [0.2, 0.25) is 0 Å². The van der Waals surface area contributed by atoms with Crippen molar-refractivity contribution in [3.63, 3.8) is 0 Å². The van der Waals surface area contributed by atoms with Crippen LogP contribution < -0.4 is 5.32 Å². The highest BCUT2D eigenvalue weighted by Crippen LogP contribution is 2.24. The van der Waals surface area contributed by atoms with Crippen molar-refractivity contribution in [1.82, 2.24) is 9.88 Å². The van der Waals surface area contributed by atoms with Gasteiger partial charge in [-0.3, -0.25) is 0 Å². The maximum absolute atomic E-state index is 3.39. The highest BCUT2D eigenvalue weighted by Gasteiger charge is 2.09. The molecule has 1 heterocycles. The van der Waals surface area contributed by atoms with E-state index in [9.17, 15) is 0 Å². The molecule has 0 aliphatic carbocycles. The Balaban J connectivity index is 2.35. The summed E-state index contributed by atoms with van der Waals surface area (Å²) in [4.78, 5) is 0. The fourth-order valence-electron chi connectivity index (χ4n) is 2.30. The predicted molar refractivity (Wildman–Crippen MR) is 74.6 cm³/mol. The van der Waals surface area contributed by atoms with Crippen molar-refractivity contribution in [2.75, 3.05) is 13.1 Å². The van der Waals surface area contributed by atoms with Gasteiger partial charge in [0, 0.05) is 23.1 Å². The number of aromatic nitrogens is 1. The van der Waals surface area contributed by atoms with Crippen molar-refractivity contribution in [3.05, 3.63) is 36.0 Å². The molecule has 0 radical (unpaired) electrons. The number of likely N-dealkylation sites (N-methyl/N-ethyl adjacent to an activating group) is 1. The van der Waals surface area contributed by atoms with Crippen LogP contribution >= 0.6 is 0 Å². The van der Waals surface area contributed by atoms with E-state index in [-0.39, 0.29) is 0 Å². The lowest BCUT2D eigenvalue weighted by atomic mass is 10.1. The molecule has 0 aliphatic heterocycles. The van der Waals surface area contributed by atoms with Crippen molar-refractivity contribution in [3.8, 4) is 0 Å². The number of para-hydroxylation sites is 1. The van der Waals surface area contributed by atoms with E-state index in [0.717, 1.165) is 19.5 Å². The first-order valence-corrected chi connectivity index (χ1v) is 6.53. The van der Waals surface area contributed by atoms with Crippen LogP contribution in [0.25, 0.3) is 10.9 Å². The molecule has 1 N–H and O–H groups in total. The molecule has 0 spiro atoms. The van der Waals surface area contributed by atoms with Crippen LogP contribution in [0.15, 0.2) is 30.5 Å². The van der Waals surface area contributed by atoms with Gasteiger partial charge in [0.05, 0.1) is 0 Å². The van der Waals surface area contributed by atoms with Gasteiger partial charge in [0.25, 0.3) is 0 Å². The molecule has 2 rings (SSSR count). The quantitative estimate of drug-likeness (QED) is 0.779. The minimum absolute atomic E-state index is 0.521. The standard InChI is InChI=1S/C15H22N2/c1-4-16-10-9-13-11-17(12(2)3)15-8-6-5-7-14(13)15/h5-8,11-12,16H,4,9-10H2,1-3H3. The maximum atomic E-state index is 3.39. The normalized spacial score (nSPS) is 11.5. The third-order valence-corrected chi connectivity index (χ3v) is 3.20. The molecule has 0 aliphatic rings. The molecule has 1 aromatic carbocycles. The number of fused-ring (bicyclic) bond motifs is 1. The molecule has 0 amide bonds. The zero-order chi connectivity index (χ0) is 12.3. The largest absolute Gasteiger partial charge is 0.345 e. The van der Waals surface area contributed by atoms with Crippen LogP contribution in [0.5, 0.6) is 0 Å². The summed E-state index contributed by atoms with van der Waals surface area (Å²) in [6, 6.07) is 9.22. The van der Waals surface area contributed by atoms with Gasteiger partial charge in [-0.05, 0) is 45.0 Å². The summed E-state index contributed by atoms with van der Waals surface area (Å²) in [5, 5.41) is 4.79. The van der Waals surface area contributed by atoms with Crippen molar-refractivity contribution < 1.29 is 0 Å². The molecule has 0 saturated carbocycles. The average molecular weight is 230 g/mol. The van der Waals surface area contributed by atoms with Crippen molar-refractivity contribution >= 4 is 10.9 Å². The Kier molecular flexibility index (Phi) is 3.85. The number of benzene rings is 1. The van der Waals surface area contributed by atoms with Gasteiger partial charge in [0.15, 0.2) is 0 Å². The second kappa shape index (κ2) is 5.37. The van der Waals surface area contributed by atoms with Gasteiger partial charge >= 0.3 is 0 Å². The zero-order valence-corrected chi connectivity index (χ0v) is 11.0. The SMILES string of the molecule is CCNCCc1cn(C(C)C)c2ccccc12. The minimum Gasteiger partial charge on any atom is -0.345 e. The van der Waals surface area contributed by atoms with Gasteiger partial charge < -0.3 is 9.88 Å². The van der Waals surface area contributed by atoms with Crippen LogP contribution in [-0.2, 0) is 6.42 Å². The Bertz CT molecular complexity index is 483. The molecule has 92 valence electrons. The van der Waals surface area contributed by atoms with E-state index < -0.39 is 0 Å². The van der Waals surface area contributed by atoms with Crippen LogP contribution in [0, 0.1) is 0 Å². The van der Waals surface area contributed by atoms with Gasteiger partial charge in [0.1, 0.15) is 0 Å². The molecule has 1 aromatic heterocycles. The molecule has 0 fully saturated rings. The van der Waals surface area contributed by atoms with Crippen LogP contribution in [0.1, 0.15) is 32.4 Å². The number of nitrogens with zero attached hydrogens (tertiary/aromatic N) is 1. The van der Waals surface area contributed by atoms with E-state index >= 15 is 0 Å². The maximum Gasteiger partial charge on any atom is 0.0485 e. The van der Waals surface area contributed by atoms with Gasteiger partial charge in [-0.2, -0.15) is 0 Å². The summed E-state index contributed by atoms with van der Waals surface area (Å²) in [6.45, 7) is 8.73. The van der Waals surface area contributed by atoms with E-state index in [0.29, 0.717) is 6.04 Å². The zero-order valence-electron chi connectivity index (χ0n) is 11.0. The Labute approximate surface area is 104 Å². The second-order valence-corrected chi connectivity index (χ2v) is 4.78.